The molecule has 0 radical (unpaired) electrons. The highest BCUT2D eigenvalue weighted by Gasteiger charge is 2.38. The lowest BCUT2D eigenvalue weighted by molar-refractivity contribution is -0.141. The predicted octanol–water partition coefficient (Wildman–Crippen LogP) is 0.435. The van der Waals surface area contributed by atoms with E-state index in [-0.39, 0.29) is 30.6 Å². The number of anilines is 1. The van der Waals surface area contributed by atoms with Crippen LogP contribution >= 0.6 is 0 Å². The van der Waals surface area contributed by atoms with Crippen LogP contribution in [0.25, 0.3) is 0 Å². The van der Waals surface area contributed by atoms with Crippen LogP contribution in [0.2, 0.25) is 0 Å². The summed E-state index contributed by atoms with van der Waals surface area (Å²) in [5.74, 6) is -0.956. The van der Waals surface area contributed by atoms with Crippen molar-refractivity contribution in [3.63, 3.8) is 0 Å². The molecule has 0 spiro atoms. The summed E-state index contributed by atoms with van der Waals surface area (Å²) < 4.78 is 6.86. The number of nitrogens with zero attached hydrogens (tertiary/aromatic N) is 3. The lowest BCUT2D eigenvalue weighted by atomic mass is 10.0. The van der Waals surface area contributed by atoms with Gasteiger partial charge in [0.1, 0.15) is 5.92 Å². The monoisotopic (exact) mass is 295 g/mol. The van der Waals surface area contributed by atoms with E-state index in [1.165, 1.54) is 0 Å². The van der Waals surface area contributed by atoms with Gasteiger partial charge in [0.05, 0.1) is 19.3 Å². The van der Waals surface area contributed by atoms with Crippen LogP contribution in [0.5, 0.6) is 0 Å². The van der Waals surface area contributed by atoms with Gasteiger partial charge >= 0.3 is 5.97 Å². The summed E-state index contributed by atoms with van der Waals surface area (Å²) in [7, 11) is 1.69. The molecule has 0 saturated carbocycles. The molecule has 1 N–H and O–H groups in total. The molecule has 21 heavy (non-hydrogen) atoms. The third-order valence-corrected chi connectivity index (χ3v) is 3.66. The van der Waals surface area contributed by atoms with E-state index < -0.39 is 11.9 Å². The highest BCUT2D eigenvalue weighted by Crippen LogP contribution is 2.21. The Morgan fingerprint density at radius 2 is 2.29 bits per heavy atom. The van der Waals surface area contributed by atoms with Crippen LogP contribution in [0.3, 0.4) is 0 Å². The summed E-state index contributed by atoms with van der Waals surface area (Å²) in [6, 6.07) is -0.377. The molecule has 2 atom stereocenters. The van der Waals surface area contributed by atoms with Gasteiger partial charge in [0, 0.05) is 26.0 Å². The maximum atomic E-state index is 12.4. The normalized spacial score (nSPS) is 21.7. The van der Waals surface area contributed by atoms with Crippen molar-refractivity contribution in [3.8, 4) is 0 Å². The molecular formula is C14H21N3O4. The Balaban J connectivity index is 2.29. The van der Waals surface area contributed by atoms with Gasteiger partial charge in [-0.1, -0.05) is 13.8 Å². The van der Waals surface area contributed by atoms with Crippen molar-refractivity contribution < 1.29 is 14.6 Å². The van der Waals surface area contributed by atoms with Gasteiger partial charge in [0.25, 0.3) is 5.56 Å². The number of carboxylic acids is 1. The summed E-state index contributed by atoms with van der Waals surface area (Å²) in [6.07, 6.45) is 3.22. The van der Waals surface area contributed by atoms with Gasteiger partial charge in [-0.3, -0.25) is 9.59 Å². The molecule has 0 aliphatic carbocycles. The quantitative estimate of drug-likeness (QED) is 0.848. The molecule has 2 heterocycles. The predicted molar refractivity (Wildman–Crippen MR) is 77.5 cm³/mol. The van der Waals surface area contributed by atoms with Crippen LogP contribution in [-0.4, -0.2) is 46.9 Å². The van der Waals surface area contributed by atoms with Gasteiger partial charge in [0.2, 0.25) is 0 Å². The second-order valence-corrected chi connectivity index (χ2v) is 5.76. The minimum atomic E-state index is -0.914. The number of hydrogen-bond acceptors (Lipinski definition) is 5. The van der Waals surface area contributed by atoms with Crippen LogP contribution in [-0.2, 0) is 16.1 Å². The molecule has 2 rings (SSSR count). The molecule has 0 aromatic carbocycles. The summed E-state index contributed by atoms with van der Waals surface area (Å²) in [5.41, 5.74) is -0.204. The summed E-state index contributed by atoms with van der Waals surface area (Å²) in [4.78, 5) is 29.4. The average Bonchev–Trinajstić information content (AvgIpc) is 2.89. The fourth-order valence-electron chi connectivity index (χ4n) is 2.53. The summed E-state index contributed by atoms with van der Waals surface area (Å²) in [6.45, 7) is 5.11. The Morgan fingerprint density at radius 1 is 1.57 bits per heavy atom. The number of rotatable bonds is 5. The number of carboxylic acid groups (broad SMARTS) is 1. The molecule has 7 heteroatoms. The van der Waals surface area contributed by atoms with E-state index in [4.69, 9.17) is 4.74 Å². The number of hydrogen-bond donors (Lipinski definition) is 1. The van der Waals surface area contributed by atoms with Crippen LogP contribution in [0.1, 0.15) is 13.8 Å². The van der Waals surface area contributed by atoms with Crippen molar-refractivity contribution in [2.45, 2.75) is 26.4 Å². The minimum Gasteiger partial charge on any atom is -0.481 e. The standard InChI is InChI=1S/C14H21N3O4/c1-9(2)6-17-5-4-15-12(13(17)18)16(3)11-8-21-7-10(11)14(19)20/h4-5,9-11H,6-8H2,1-3H3,(H,19,20). The van der Waals surface area contributed by atoms with Crippen LogP contribution in [0, 0.1) is 11.8 Å². The fraction of sp³-hybridized carbons (Fsp3) is 0.643. The number of carbonyl (C=O) groups is 1. The molecule has 1 aliphatic rings. The van der Waals surface area contributed by atoms with Crippen molar-refractivity contribution in [1.82, 2.24) is 9.55 Å². The first-order chi connectivity index (χ1) is 9.91. The third kappa shape index (κ3) is 3.24. The second-order valence-electron chi connectivity index (χ2n) is 5.76. The Labute approximate surface area is 123 Å². The van der Waals surface area contributed by atoms with Gasteiger partial charge < -0.3 is 19.3 Å². The molecule has 1 aromatic rings. The molecule has 116 valence electrons. The van der Waals surface area contributed by atoms with Gasteiger partial charge in [-0.15, -0.1) is 0 Å². The van der Waals surface area contributed by atoms with Crippen LogP contribution in [0.15, 0.2) is 17.2 Å². The topological polar surface area (TPSA) is 84.7 Å². The van der Waals surface area contributed by atoms with E-state index in [0.29, 0.717) is 12.5 Å². The van der Waals surface area contributed by atoms with Gasteiger partial charge in [0.15, 0.2) is 5.82 Å². The number of likely N-dealkylation sites (N-methyl/N-ethyl adjacent to an activating group) is 1. The van der Waals surface area contributed by atoms with E-state index in [1.807, 2.05) is 13.8 Å². The number of aliphatic carboxylic acids is 1. The Kier molecular flexibility index (Phi) is 4.62. The van der Waals surface area contributed by atoms with Gasteiger partial charge in [-0.25, -0.2) is 4.98 Å². The second kappa shape index (κ2) is 6.26. The molecular weight excluding hydrogens is 274 g/mol. The highest BCUT2D eigenvalue weighted by molar-refractivity contribution is 5.72. The SMILES string of the molecule is CC(C)Cn1ccnc(N(C)C2COCC2C(=O)O)c1=O. The number of ether oxygens (including phenoxy) is 1. The average molecular weight is 295 g/mol. The lowest BCUT2D eigenvalue weighted by Crippen LogP contribution is -2.44. The van der Waals surface area contributed by atoms with Crippen molar-refractivity contribution in [1.29, 1.82) is 0 Å². The number of aromatic nitrogens is 2. The summed E-state index contributed by atoms with van der Waals surface area (Å²) >= 11 is 0. The zero-order valence-electron chi connectivity index (χ0n) is 12.5. The highest BCUT2D eigenvalue weighted by atomic mass is 16.5. The Morgan fingerprint density at radius 3 is 2.90 bits per heavy atom. The van der Waals surface area contributed by atoms with Crippen molar-refractivity contribution >= 4 is 11.8 Å². The fourth-order valence-corrected chi connectivity index (χ4v) is 2.53. The Hall–Kier alpha value is -1.89. The van der Waals surface area contributed by atoms with Gasteiger partial charge in [-0.2, -0.15) is 0 Å². The third-order valence-electron chi connectivity index (χ3n) is 3.66. The van der Waals surface area contributed by atoms with Gasteiger partial charge in [-0.05, 0) is 5.92 Å². The summed E-state index contributed by atoms with van der Waals surface area (Å²) in [5, 5.41) is 9.21. The molecule has 2 unspecified atom stereocenters. The molecule has 1 aromatic heterocycles. The molecule has 0 bridgehead atoms. The van der Waals surface area contributed by atoms with E-state index in [2.05, 4.69) is 4.98 Å². The smallest absolute Gasteiger partial charge is 0.311 e. The Bertz CT molecular complexity index is 570. The van der Waals surface area contributed by atoms with E-state index in [0.717, 1.165) is 0 Å². The molecule has 1 aliphatic heterocycles. The first kappa shape index (κ1) is 15.5. The molecule has 1 saturated heterocycles. The molecule has 0 amide bonds. The van der Waals surface area contributed by atoms with E-state index in [1.54, 1.807) is 28.9 Å². The first-order valence-corrected chi connectivity index (χ1v) is 7.00. The maximum Gasteiger partial charge on any atom is 0.311 e. The molecule has 7 nitrogen and oxygen atoms in total. The van der Waals surface area contributed by atoms with Crippen molar-refractivity contribution in [2.24, 2.45) is 11.8 Å². The minimum absolute atomic E-state index is 0.164. The maximum absolute atomic E-state index is 12.4. The van der Waals surface area contributed by atoms with Crippen molar-refractivity contribution in [3.05, 3.63) is 22.7 Å². The van der Waals surface area contributed by atoms with E-state index >= 15 is 0 Å². The zero-order valence-corrected chi connectivity index (χ0v) is 12.5. The van der Waals surface area contributed by atoms with Crippen LogP contribution < -0.4 is 10.5 Å². The van der Waals surface area contributed by atoms with E-state index in [9.17, 15) is 14.7 Å². The van der Waals surface area contributed by atoms with Crippen molar-refractivity contribution in [2.75, 3.05) is 25.2 Å². The molecule has 1 fully saturated rings. The zero-order chi connectivity index (χ0) is 15.6. The lowest BCUT2D eigenvalue weighted by Gasteiger charge is -2.27. The van der Waals surface area contributed by atoms with Crippen LogP contribution in [0.4, 0.5) is 5.82 Å². The largest absolute Gasteiger partial charge is 0.481 e. The first-order valence-electron chi connectivity index (χ1n) is 7.00.